The molecule has 37 heavy (non-hydrogen) atoms. The number of aliphatic hydroxyl groups is 1. The van der Waals surface area contributed by atoms with Crippen molar-refractivity contribution < 1.29 is 28.6 Å². The van der Waals surface area contributed by atoms with Gasteiger partial charge in [0.05, 0.1) is 18.7 Å². The fourth-order valence-electron chi connectivity index (χ4n) is 4.64. The number of hydrogen-bond donors (Lipinski definition) is 1. The summed E-state index contributed by atoms with van der Waals surface area (Å²) in [6.07, 6.45) is 0.650. The third-order valence-corrected chi connectivity index (χ3v) is 6.40. The lowest BCUT2D eigenvalue weighted by Crippen LogP contribution is -2.31. The van der Waals surface area contributed by atoms with Crippen molar-refractivity contribution >= 4 is 22.7 Å². The van der Waals surface area contributed by atoms with Gasteiger partial charge in [-0.1, -0.05) is 61.5 Å². The number of ether oxygens (including phenoxy) is 2. The fourth-order valence-corrected chi connectivity index (χ4v) is 4.64. The predicted octanol–water partition coefficient (Wildman–Crippen LogP) is 6.01. The minimum atomic E-state index is -0.801. The second-order valence-electron chi connectivity index (χ2n) is 8.83. The normalized spacial score (nSPS) is 15.5. The number of methoxy groups -OCH3 is 1. The quantitative estimate of drug-likeness (QED) is 0.285. The van der Waals surface area contributed by atoms with Gasteiger partial charge in [-0.15, -0.1) is 0 Å². The molecule has 7 nitrogen and oxygen atoms in total. The summed E-state index contributed by atoms with van der Waals surface area (Å²) in [5.74, 6) is -0.635. The Balaban J connectivity index is 1.51. The van der Waals surface area contributed by atoms with Crippen LogP contribution in [0.2, 0.25) is 0 Å². The summed E-state index contributed by atoms with van der Waals surface area (Å²) in [5.41, 5.74) is 2.17. The van der Waals surface area contributed by atoms with E-state index >= 15 is 0 Å². The minimum Gasteiger partial charge on any atom is -0.503 e. The van der Waals surface area contributed by atoms with Crippen LogP contribution in [0.25, 0.3) is 11.0 Å². The number of carbonyl (C=O) groups excluding carboxylic acids is 2. The summed E-state index contributed by atoms with van der Waals surface area (Å²) in [6, 6.07) is 23.1. The van der Waals surface area contributed by atoms with Gasteiger partial charge in [-0.2, -0.15) is 0 Å². The molecule has 0 saturated heterocycles. The van der Waals surface area contributed by atoms with Crippen molar-refractivity contribution in [2.45, 2.75) is 26.0 Å². The van der Waals surface area contributed by atoms with Gasteiger partial charge in [-0.3, -0.25) is 9.59 Å². The molecule has 1 N–H and O–H groups in total. The van der Waals surface area contributed by atoms with Gasteiger partial charge in [0.1, 0.15) is 12.2 Å². The number of carbonyl (C=O) groups is 2. The van der Waals surface area contributed by atoms with Crippen LogP contribution in [-0.2, 0) is 11.4 Å². The molecule has 7 heteroatoms. The number of amides is 1. The van der Waals surface area contributed by atoms with E-state index in [1.165, 1.54) is 12.0 Å². The van der Waals surface area contributed by atoms with Gasteiger partial charge in [-0.25, -0.2) is 0 Å². The number of benzene rings is 3. The minimum absolute atomic E-state index is 0.0162. The Hall–Kier alpha value is -4.52. The summed E-state index contributed by atoms with van der Waals surface area (Å²) < 4.78 is 17.3. The molecular formula is C30H27NO6. The SMILES string of the molecule is CCCN1C(=O)C(O)=C(C(=O)c2cc3ccccc3o2)C1c1ccc(OCc2ccccc2)c(OC)c1. The molecule has 0 saturated carbocycles. The van der Waals surface area contributed by atoms with Crippen LogP contribution < -0.4 is 9.47 Å². The third kappa shape index (κ3) is 4.56. The first kappa shape index (κ1) is 24.2. The van der Waals surface area contributed by atoms with Crippen molar-refractivity contribution in [1.82, 2.24) is 4.90 Å². The average Bonchev–Trinajstić information content (AvgIpc) is 3.47. The number of ketones is 1. The van der Waals surface area contributed by atoms with Crippen molar-refractivity contribution in [3.63, 3.8) is 0 Å². The lowest BCUT2D eigenvalue weighted by atomic mass is 9.94. The molecular weight excluding hydrogens is 470 g/mol. The molecule has 1 aliphatic heterocycles. The second-order valence-corrected chi connectivity index (χ2v) is 8.83. The van der Waals surface area contributed by atoms with E-state index in [4.69, 9.17) is 13.9 Å². The summed E-state index contributed by atoms with van der Waals surface area (Å²) in [6.45, 7) is 2.65. The number of hydrogen-bond acceptors (Lipinski definition) is 6. The van der Waals surface area contributed by atoms with Crippen LogP contribution in [0.15, 0.2) is 94.6 Å². The number of nitrogens with zero attached hydrogens (tertiary/aromatic N) is 1. The van der Waals surface area contributed by atoms with E-state index in [2.05, 4.69) is 0 Å². The number of furan rings is 1. The molecule has 5 rings (SSSR count). The molecule has 0 spiro atoms. The van der Waals surface area contributed by atoms with E-state index in [9.17, 15) is 14.7 Å². The molecule has 1 unspecified atom stereocenters. The van der Waals surface area contributed by atoms with Crippen molar-refractivity contribution in [1.29, 1.82) is 0 Å². The first-order valence-corrected chi connectivity index (χ1v) is 12.1. The van der Waals surface area contributed by atoms with E-state index < -0.39 is 23.5 Å². The van der Waals surface area contributed by atoms with Crippen molar-refractivity contribution in [3.8, 4) is 11.5 Å². The van der Waals surface area contributed by atoms with Crippen LogP contribution in [0.5, 0.6) is 11.5 Å². The Morgan fingerprint density at radius 1 is 1.00 bits per heavy atom. The zero-order chi connectivity index (χ0) is 25.9. The van der Waals surface area contributed by atoms with Crippen molar-refractivity contribution in [2.24, 2.45) is 0 Å². The van der Waals surface area contributed by atoms with E-state index in [-0.39, 0.29) is 11.3 Å². The van der Waals surface area contributed by atoms with Gasteiger partial charge < -0.3 is 23.9 Å². The van der Waals surface area contributed by atoms with Gasteiger partial charge in [0.15, 0.2) is 23.0 Å². The molecule has 0 radical (unpaired) electrons. The van der Waals surface area contributed by atoms with E-state index in [1.807, 2.05) is 55.5 Å². The fraction of sp³-hybridized carbons (Fsp3) is 0.200. The Morgan fingerprint density at radius 3 is 2.49 bits per heavy atom. The molecule has 4 aromatic rings. The Labute approximate surface area is 214 Å². The molecule has 1 aliphatic rings. The summed E-state index contributed by atoms with van der Waals surface area (Å²) in [5, 5.41) is 11.6. The number of rotatable bonds is 9. The van der Waals surface area contributed by atoms with Crippen molar-refractivity contribution in [3.05, 3.63) is 107 Å². The second kappa shape index (κ2) is 10.2. The largest absolute Gasteiger partial charge is 0.503 e. The Morgan fingerprint density at radius 2 is 1.76 bits per heavy atom. The highest BCUT2D eigenvalue weighted by Gasteiger charge is 2.44. The number of para-hydroxylation sites is 1. The maximum atomic E-state index is 13.6. The van der Waals surface area contributed by atoms with Crippen molar-refractivity contribution in [2.75, 3.05) is 13.7 Å². The topological polar surface area (TPSA) is 89.2 Å². The Bertz CT molecular complexity index is 1450. The highest BCUT2D eigenvalue weighted by molar-refractivity contribution is 6.16. The molecule has 0 fully saturated rings. The Kier molecular flexibility index (Phi) is 6.68. The molecule has 1 aromatic heterocycles. The molecule has 0 aliphatic carbocycles. The standard InChI is InChI=1S/C30H27NO6/c1-3-15-31-27(21-13-14-23(24(17-21)35-2)36-18-19-9-5-4-6-10-19)26(29(33)30(31)34)28(32)25-16-20-11-7-8-12-22(20)37-25/h4-14,16-17,27,33H,3,15,18H2,1-2H3. The molecule has 1 amide bonds. The van der Waals surface area contributed by atoms with Gasteiger partial charge in [0.25, 0.3) is 5.91 Å². The highest BCUT2D eigenvalue weighted by atomic mass is 16.5. The van der Waals surface area contributed by atoms with Crippen LogP contribution in [0.1, 0.15) is 41.1 Å². The lowest BCUT2D eigenvalue weighted by Gasteiger charge is -2.27. The monoisotopic (exact) mass is 497 g/mol. The maximum absolute atomic E-state index is 13.6. The molecule has 1 atom stereocenters. The van der Waals surface area contributed by atoms with Gasteiger partial charge in [-0.05, 0) is 41.8 Å². The van der Waals surface area contributed by atoms with Gasteiger partial charge in [0.2, 0.25) is 5.78 Å². The van der Waals surface area contributed by atoms with Crippen LogP contribution in [0, 0.1) is 0 Å². The smallest absolute Gasteiger partial charge is 0.290 e. The average molecular weight is 498 g/mol. The number of aliphatic hydroxyl groups excluding tert-OH is 1. The summed E-state index contributed by atoms with van der Waals surface area (Å²) >= 11 is 0. The highest BCUT2D eigenvalue weighted by Crippen LogP contribution is 2.42. The summed E-state index contributed by atoms with van der Waals surface area (Å²) in [7, 11) is 1.53. The van der Waals surface area contributed by atoms with Crippen LogP contribution in [0.4, 0.5) is 0 Å². The van der Waals surface area contributed by atoms with Crippen LogP contribution in [0.3, 0.4) is 0 Å². The molecule has 2 heterocycles. The zero-order valence-corrected chi connectivity index (χ0v) is 20.6. The van der Waals surface area contributed by atoms with Gasteiger partial charge >= 0.3 is 0 Å². The van der Waals surface area contributed by atoms with Crippen LogP contribution in [-0.4, -0.2) is 35.4 Å². The third-order valence-electron chi connectivity index (χ3n) is 6.40. The lowest BCUT2D eigenvalue weighted by molar-refractivity contribution is -0.129. The maximum Gasteiger partial charge on any atom is 0.290 e. The van der Waals surface area contributed by atoms with E-state index in [0.29, 0.717) is 42.2 Å². The van der Waals surface area contributed by atoms with Crippen LogP contribution >= 0.6 is 0 Å². The predicted molar refractivity (Wildman–Crippen MR) is 139 cm³/mol. The summed E-state index contributed by atoms with van der Waals surface area (Å²) in [4.78, 5) is 28.2. The molecule has 3 aromatic carbocycles. The van der Waals surface area contributed by atoms with Gasteiger partial charge in [0, 0.05) is 11.9 Å². The zero-order valence-electron chi connectivity index (χ0n) is 20.6. The number of fused-ring (bicyclic) bond motifs is 1. The molecule has 188 valence electrons. The van der Waals surface area contributed by atoms with E-state index in [0.717, 1.165) is 10.9 Å². The first-order valence-electron chi connectivity index (χ1n) is 12.1. The first-order chi connectivity index (χ1) is 18.0. The molecule has 0 bridgehead atoms. The van der Waals surface area contributed by atoms with E-state index in [1.54, 1.807) is 30.3 Å². The number of Topliss-reactive ketones (excluding diaryl/α,β-unsaturated/α-hetero) is 1.